The molecule has 0 aliphatic carbocycles. The van der Waals surface area contributed by atoms with Gasteiger partial charge in [-0.1, -0.05) is 130 Å². The van der Waals surface area contributed by atoms with Gasteiger partial charge in [0, 0.05) is 62.3 Å². The minimum Gasteiger partial charge on any atom is -0.366 e. The summed E-state index contributed by atoms with van der Waals surface area (Å²) in [5.41, 5.74) is 3.27. The van der Waals surface area contributed by atoms with Gasteiger partial charge in [-0.15, -0.1) is 0 Å². The van der Waals surface area contributed by atoms with Crippen molar-refractivity contribution in [1.29, 1.82) is 0 Å². The van der Waals surface area contributed by atoms with Gasteiger partial charge in [-0.05, 0) is 43.2 Å². The van der Waals surface area contributed by atoms with Crippen molar-refractivity contribution >= 4 is 34.6 Å². The van der Waals surface area contributed by atoms with E-state index >= 15 is 17.6 Å². The van der Waals surface area contributed by atoms with Crippen molar-refractivity contribution in [3.63, 3.8) is 0 Å². The SMILES string of the molecule is CC.CC.CCC(=O)Nc1c(CC)c(F)c(N(C)Cc2ccccc2)c(F)c1CC.Cc1c(F)c(N(C)Cc2ccccc2)c(F)c(C)c1NC(=O)CC(C)(C)C. The first-order chi connectivity index (χ1) is 26.9. The monoisotopic (exact) mass is 795 g/mol. The van der Waals surface area contributed by atoms with Crippen LogP contribution in [0.2, 0.25) is 0 Å². The van der Waals surface area contributed by atoms with Crippen molar-refractivity contribution in [2.24, 2.45) is 5.41 Å². The van der Waals surface area contributed by atoms with E-state index in [1.807, 2.05) is 109 Å². The summed E-state index contributed by atoms with van der Waals surface area (Å²) >= 11 is 0. The number of nitrogens with zero attached hydrogens (tertiary/aromatic N) is 2. The van der Waals surface area contributed by atoms with Crippen LogP contribution in [0.15, 0.2) is 60.7 Å². The Labute approximate surface area is 340 Å². The van der Waals surface area contributed by atoms with Crippen LogP contribution >= 0.6 is 0 Å². The van der Waals surface area contributed by atoms with Gasteiger partial charge in [0.1, 0.15) is 11.4 Å². The Hall–Kier alpha value is -4.86. The third-order valence-corrected chi connectivity index (χ3v) is 8.91. The van der Waals surface area contributed by atoms with E-state index in [9.17, 15) is 9.59 Å². The fourth-order valence-corrected chi connectivity index (χ4v) is 6.17. The van der Waals surface area contributed by atoms with Crippen LogP contribution in [0.5, 0.6) is 0 Å². The summed E-state index contributed by atoms with van der Waals surface area (Å²) in [4.78, 5) is 27.2. The molecular weight excluding hydrogens is 729 g/mol. The zero-order valence-electron chi connectivity index (χ0n) is 36.7. The molecule has 0 heterocycles. The molecule has 0 aromatic heterocycles. The van der Waals surface area contributed by atoms with E-state index < -0.39 is 23.3 Å². The summed E-state index contributed by atoms with van der Waals surface area (Å²) in [5, 5.41) is 5.39. The lowest BCUT2D eigenvalue weighted by Gasteiger charge is -2.26. The van der Waals surface area contributed by atoms with Gasteiger partial charge < -0.3 is 20.4 Å². The fourth-order valence-electron chi connectivity index (χ4n) is 6.17. The number of anilines is 4. The van der Waals surface area contributed by atoms with E-state index in [0.717, 1.165) is 11.1 Å². The lowest BCUT2D eigenvalue weighted by atomic mass is 9.92. The number of carbonyl (C=O) groups excluding carboxylic acids is 2. The number of hydrogen-bond acceptors (Lipinski definition) is 4. The molecule has 4 aromatic carbocycles. The van der Waals surface area contributed by atoms with E-state index in [1.165, 1.54) is 0 Å². The molecule has 0 fully saturated rings. The Kier molecular flexibility index (Phi) is 21.1. The van der Waals surface area contributed by atoms with E-state index in [2.05, 4.69) is 10.6 Å². The second-order valence-electron chi connectivity index (χ2n) is 14.5. The van der Waals surface area contributed by atoms with Crippen molar-refractivity contribution in [3.8, 4) is 0 Å². The van der Waals surface area contributed by atoms with Gasteiger partial charge in [0.2, 0.25) is 11.8 Å². The second-order valence-corrected chi connectivity index (χ2v) is 14.5. The highest BCUT2D eigenvalue weighted by molar-refractivity contribution is 5.94. The Morgan fingerprint density at radius 2 is 0.930 bits per heavy atom. The molecule has 6 nitrogen and oxygen atoms in total. The van der Waals surface area contributed by atoms with Crippen LogP contribution in [0.1, 0.15) is 115 Å². The fraction of sp³-hybridized carbons (Fsp3) is 0.447. The number of halogens is 4. The number of rotatable bonds is 12. The summed E-state index contributed by atoms with van der Waals surface area (Å²) < 4.78 is 60.4. The van der Waals surface area contributed by atoms with Crippen molar-refractivity contribution in [3.05, 3.63) is 117 Å². The standard InChI is InChI=1S/C22H28F2N2O.C21H26F2N2O.2C2H6/c1-14-18(23)21(26(6)13-16-10-8-7-9-11-16)19(24)15(2)20(14)25-17(27)12-22(3,4)5;1-5-15-18(22)21(25(4)13-14-11-9-8-10-12-14)19(23)16(6-2)20(15)24-17(26)7-3;2*1-2/h7-11H,12-13H2,1-6H3,(H,25,27);8-12H,5-7,13H2,1-4H3,(H,24,26);2*1-2H3. The molecule has 4 rings (SSSR count). The van der Waals surface area contributed by atoms with Crippen LogP contribution in [0, 0.1) is 42.5 Å². The molecule has 2 N–H and O–H groups in total. The van der Waals surface area contributed by atoms with Crippen LogP contribution in [0.3, 0.4) is 0 Å². The van der Waals surface area contributed by atoms with Crippen LogP contribution in [0.4, 0.5) is 40.3 Å². The summed E-state index contributed by atoms with van der Waals surface area (Å²) in [6.07, 6.45) is 1.26. The molecule has 0 saturated carbocycles. The molecule has 0 radical (unpaired) electrons. The Morgan fingerprint density at radius 1 is 0.579 bits per heavy atom. The molecule has 0 atom stereocenters. The average Bonchev–Trinajstić information content (AvgIpc) is 3.18. The van der Waals surface area contributed by atoms with E-state index in [4.69, 9.17) is 0 Å². The van der Waals surface area contributed by atoms with Crippen LogP contribution in [-0.2, 0) is 35.5 Å². The maximum atomic E-state index is 15.2. The molecule has 0 saturated heterocycles. The lowest BCUT2D eigenvalue weighted by molar-refractivity contribution is -0.118. The normalized spacial score (nSPS) is 10.5. The molecule has 57 heavy (non-hydrogen) atoms. The number of hydrogen-bond donors (Lipinski definition) is 2. The molecule has 4 aromatic rings. The van der Waals surface area contributed by atoms with Crippen molar-refractivity contribution < 1.29 is 27.2 Å². The molecule has 0 bridgehead atoms. The Bertz CT molecular complexity index is 1820. The van der Waals surface area contributed by atoms with Gasteiger partial charge in [0.05, 0.1) is 11.4 Å². The van der Waals surface area contributed by atoms with Crippen LogP contribution in [0.25, 0.3) is 0 Å². The number of nitrogens with one attached hydrogen (secondary N) is 2. The highest BCUT2D eigenvalue weighted by Gasteiger charge is 2.27. The maximum Gasteiger partial charge on any atom is 0.224 e. The van der Waals surface area contributed by atoms with Gasteiger partial charge in [0.15, 0.2) is 23.3 Å². The van der Waals surface area contributed by atoms with Gasteiger partial charge in [-0.3, -0.25) is 9.59 Å². The zero-order valence-corrected chi connectivity index (χ0v) is 36.7. The summed E-state index contributed by atoms with van der Waals surface area (Å²) in [6.45, 7) is 23.0. The van der Waals surface area contributed by atoms with Crippen molar-refractivity contribution in [1.82, 2.24) is 0 Å². The molecule has 2 amide bonds. The van der Waals surface area contributed by atoms with E-state index in [1.54, 1.807) is 58.5 Å². The highest BCUT2D eigenvalue weighted by Crippen LogP contribution is 2.38. The highest BCUT2D eigenvalue weighted by atomic mass is 19.1. The van der Waals surface area contributed by atoms with Crippen LogP contribution in [-0.4, -0.2) is 25.9 Å². The first-order valence-electron chi connectivity index (χ1n) is 20.1. The number of carbonyl (C=O) groups is 2. The maximum absolute atomic E-state index is 15.2. The van der Waals surface area contributed by atoms with Gasteiger partial charge in [-0.2, -0.15) is 0 Å². The third kappa shape index (κ3) is 13.9. The molecule has 10 heteroatoms. The predicted molar refractivity (Wildman–Crippen MR) is 232 cm³/mol. The summed E-state index contributed by atoms with van der Waals surface area (Å²) in [7, 11) is 3.34. The minimum atomic E-state index is -0.650. The summed E-state index contributed by atoms with van der Waals surface area (Å²) in [6, 6.07) is 19.0. The molecular formula is C47H66F4N4O2. The quantitative estimate of drug-likeness (QED) is 0.140. The van der Waals surface area contributed by atoms with Gasteiger partial charge in [-0.25, -0.2) is 17.6 Å². The van der Waals surface area contributed by atoms with Crippen molar-refractivity contribution in [2.75, 3.05) is 34.5 Å². The summed E-state index contributed by atoms with van der Waals surface area (Å²) in [5.74, 6) is -3.01. The predicted octanol–water partition coefficient (Wildman–Crippen LogP) is 12.7. The van der Waals surface area contributed by atoms with Gasteiger partial charge in [0.25, 0.3) is 0 Å². The molecule has 0 spiro atoms. The molecule has 314 valence electrons. The lowest BCUT2D eigenvalue weighted by Crippen LogP contribution is -2.23. The van der Waals surface area contributed by atoms with Crippen LogP contribution < -0.4 is 20.4 Å². The molecule has 0 unspecified atom stereocenters. The first kappa shape index (κ1) is 50.2. The van der Waals surface area contributed by atoms with E-state index in [0.29, 0.717) is 37.1 Å². The Balaban J connectivity index is 0.000000525. The minimum absolute atomic E-state index is 0.0444. The van der Waals surface area contributed by atoms with Gasteiger partial charge >= 0.3 is 0 Å². The first-order valence-corrected chi connectivity index (χ1v) is 20.1. The van der Waals surface area contributed by atoms with Crippen molar-refractivity contribution in [2.45, 2.75) is 122 Å². The largest absolute Gasteiger partial charge is 0.366 e. The average molecular weight is 795 g/mol. The van der Waals surface area contributed by atoms with E-state index in [-0.39, 0.29) is 63.9 Å². The smallest absolute Gasteiger partial charge is 0.224 e. The zero-order chi connectivity index (χ0) is 43.6. The molecule has 0 aliphatic rings. The number of benzene rings is 4. The number of amides is 2. The Morgan fingerprint density at radius 3 is 1.26 bits per heavy atom. The molecule has 0 aliphatic heterocycles. The topological polar surface area (TPSA) is 64.7 Å². The third-order valence-electron chi connectivity index (χ3n) is 8.91. The second kappa shape index (κ2) is 24.0.